The maximum Gasteiger partial charge on any atom is 0.251 e. The predicted octanol–water partition coefficient (Wildman–Crippen LogP) is 6.51. The van der Waals surface area contributed by atoms with Gasteiger partial charge in [-0.15, -0.1) is 11.8 Å². The molecule has 3 aromatic carbocycles. The third-order valence-electron chi connectivity index (χ3n) is 7.91. The monoisotopic (exact) mass is 454 g/mol. The lowest BCUT2D eigenvalue weighted by Crippen LogP contribution is -2.35. The Bertz CT molecular complexity index is 1130. The molecule has 1 heterocycles. The summed E-state index contributed by atoms with van der Waals surface area (Å²) in [6.07, 6.45) is 4.03. The second kappa shape index (κ2) is 8.90. The molecule has 3 aromatic rings. The van der Waals surface area contributed by atoms with Crippen LogP contribution >= 0.6 is 11.8 Å². The van der Waals surface area contributed by atoms with E-state index in [-0.39, 0.29) is 5.91 Å². The average molecular weight is 455 g/mol. The van der Waals surface area contributed by atoms with Gasteiger partial charge in [0.2, 0.25) is 0 Å². The zero-order valence-electron chi connectivity index (χ0n) is 18.7. The molecule has 4 heteroatoms. The van der Waals surface area contributed by atoms with E-state index in [0.29, 0.717) is 24.4 Å². The predicted molar refractivity (Wildman–Crippen MR) is 136 cm³/mol. The first-order chi connectivity index (χ1) is 16.3. The van der Waals surface area contributed by atoms with Gasteiger partial charge >= 0.3 is 0 Å². The zero-order chi connectivity index (χ0) is 22.2. The van der Waals surface area contributed by atoms with E-state index in [9.17, 15) is 4.79 Å². The van der Waals surface area contributed by atoms with Gasteiger partial charge in [-0.3, -0.25) is 4.79 Å². The van der Waals surface area contributed by atoms with Gasteiger partial charge < -0.3 is 10.6 Å². The fourth-order valence-electron chi connectivity index (χ4n) is 6.57. The summed E-state index contributed by atoms with van der Waals surface area (Å²) in [6.45, 7) is 0.667. The molecule has 33 heavy (non-hydrogen) atoms. The molecule has 0 unspecified atom stereocenters. The highest BCUT2D eigenvalue weighted by atomic mass is 32.2. The minimum atomic E-state index is 0.0383. The van der Waals surface area contributed by atoms with Crippen LogP contribution < -0.4 is 10.6 Å². The minimum Gasteiger partial charge on any atom is -0.378 e. The van der Waals surface area contributed by atoms with Gasteiger partial charge in [0, 0.05) is 28.4 Å². The number of rotatable bonds is 6. The van der Waals surface area contributed by atoms with Gasteiger partial charge in [-0.25, -0.2) is 0 Å². The van der Waals surface area contributed by atoms with Crippen LogP contribution in [-0.2, 0) is 0 Å². The Morgan fingerprint density at radius 1 is 0.939 bits per heavy atom. The molecule has 5 atom stereocenters. The summed E-state index contributed by atoms with van der Waals surface area (Å²) in [4.78, 5) is 14.2. The standard InChI is InChI=1S/C29H30N2OS/c32-29(30-15-16-33-23-9-5-2-6-10-23)22-13-14-25-24(18-22)26-20-11-12-21(17-20)27(26)28(31-25)19-7-3-1-4-8-19/h1-10,13-14,18,20-21,26-28,31H,11-12,15-17H2,(H,30,32)/t20-,21-,26-,27-,28-/m0/s1. The van der Waals surface area contributed by atoms with Gasteiger partial charge in [-0.1, -0.05) is 48.5 Å². The van der Waals surface area contributed by atoms with E-state index < -0.39 is 0 Å². The van der Waals surface area contributed by atoms with Crippen molar-refractivity contribution in [2.75, 3.05) is 17.6 Å². The van der Waals surface area contributed by atoms with Crippen molar-refractivity contribution in [1.82, 2.24) is 5.32 Å². The lowest BCUT2D eigenvalue weighted by molar-refractivity contribution is 0.0956. The average Bonchev–Trinajstić information content (AvgIpc) is 3.50. The Balaban J connectivity index is 1.19. The summed E-state index contributed by atoms with van der Waals surface area (Å²) >= 11 is 1.77. The molecule has 2 N–H and O–H groups in total. The summed E-state index contributed by atoms with van der Waals surface area (Å²) in [7, 11) is 0. The quantitative estimate of drug-likeness (QED) is 0.330. The lowest BCUT2D eigenvalue weighted by atomic mass is 9.68. The molecule has 2 saturated carbocycles. The molecule has 0 saturated heterocycles. The van der Waals surface area contributed by atoms with Crippen molar-refractivity contribution >= 4 is 23.4 Å². The van der Waals surface area contributed by atoms with Crippen LogP contribution in [0.4, 0.5) is 5.69 Å². The Morgan fingerprint density at radius 2 is 1.70 bits per heavy atom. The van der Waals surface area contributed by atoms with Gasteiger partial charge in [-0.05, 0) is 84.4 Å². The molecule has 1 aliphatic heterocycles. The van der Waals surface area contributed by atoms with E-state index in [4.69, 9.17) is 0 Å². The molecule has 6 rings (SSSR count). The van der Waals surface area contributed by atoms with Gasteiger partial charge in [0.25, 0.3) is 5.91 Å². The summed E-state index contributed by atoms with van der Waals surface area (Å²) in [5.74, 6) is 3.64. The van der Waals surface area contributed by atoms with Crippen molar-refractivity contribution in [3.05, 3.63) is 95.6 Å². The van der Waals surface area contributed by atoms with Crippen LogP contribution in [-0.4, -0.2) is 18.2 Å². The number of hydrogen-bond donors (Lipinski definition) is 2. The summed E-state index contributed by atoms with van der Waals surface area (Å²) in [5.41, 5.74) is 4.77. The first-order valence-electron chi connectivity index (χ1n) is 12.2. The summed E-state index contributed by atoms with van der Waals surface area (Å²) in [6, 6.07) is 28.0. The number of carbonyl (C=O) groups excluding carboxylic acids is 1. The number of hydrogen-bond acceptors (Lipinski definition) is 3. The molecular formula is C29H30N2OS. The van der Waals surface area contributed by atoms with E-state index in [0.717, 1.165) is 23.2 Å². The van der Waals surface area contributed by atoms with Gasteiger partial charge in [0.15, 0.2) is 0 Å². The Hall–Kier alpha value is -2.72. The molecule has 0 spiro atoms. The van der Waals surface area contributed by atoms with Crippen molar-refractivity contribution < 1.29 is 4.79 Å². The van der Waals surface area contributed by atoms with Crippen molar-refractivity contribution in [3.8, 4) is 0 Å². The third kappa shape index (κ3) is 3.95. The number of amides is 1. The molecule has 3 aliphatic rings. The molecule has 2 aliphatic carbocycles. The smallest absolute Gasteiger partial charge is 0.251 e. The van der Waals surface area contributed by atoms with Crippen LogP contribution in [0.15, 0.2) is 83.8 Å². The normalized spacial score (nSPS) is 26.8. The number of carbonyl (C=O) groups is 1. The molecule has 3 nitrogen and oxygen atoms in total. The number of anilines is 1. The third-order valence-corrected chi connectivity index (χ3v) is 8.92. The molecule has 168 valence electrons. The van der Waals surface area contributed by atoms with Crippen LogP contribution in [0.2, 0.25) is 0 Å². The molecular weight excluding hydrogens is 424 g/mol. The Morgan fingerprint density at radius 3 is 2.52 bits per heavy atom. The van der Waals surface area contributed by atoms with E-state index in [1.54, 1.807) is 11.8 Å². The van der Waals surface area contributed by atoms with E-state index in [1.807, 2.05) is 24.3 Å². The molecule has 1 amide bonds. The summed E-state index contributed by atoms with van der Waals surface area (Å²) in [5, 5.41) is 7.00. The van der Waals surface area contributed by atoms with Crippen LogP contribution in [0.25, 0.3) is 0 Å². The fraction of sp³-hybridized carbons (Fsp3) is 0.345. The second-order valence-electron chi connectivity index (χ2n) is 9.69. The minimum absolute atomic E-state index is 0.0383. The Labute approximate surface area is 200 Å². The van der Waals surface area contributed by atoms with E-state index in [1.165, 1.54) is 41.0 Å². The van der Waals surface area contributed by atoms with Gasteiger partial charge in [-0.2, -0.15) is 0 Å². The maximum absolute atomic E-state index is 12.9. The number of thioether (sulfide) groups is 1. The first-order valence-corrected chi connectivity index (χ1v) is 13.2. The Kier molecular flexibility index (Phi) is 5.63. The maximum atomic E-state index is 12.9. The van der Waals surface area contributed by atoms with Crippen molar-refractivity contribution in [3.63, 3.8) is 0 Å². The molecule has 2 fully saturated rings. The molecule has 0 radical (unpaired) electrons. The largest absolute Gasteiger partial charge is 0.378 e. The van der Waals surface area contributed by atoms with Crippen LogP contribution in [0.5, 0.6) is 0 Å². The molecule has 2 bridgehead atoms. The first kappa shape index (κ1) is 20.9. The van der Waals surface area contributed by atoms with Gasteiger partial charge in [0.05, 0.1) is 6.04 Å². The highest BCUT2D eigenvalue weighted by Gasteiger charge is 2.53. The van der Waals surface area contributed by atoms with Crippen molar-refractivity contribution in [2.45, 2.75) is 36.1 Å². The molecule has 0 aromatic heterocycles. The highest BCUT2D eigenvalue weighted by Crippen LogP contribution is 2.63. The number of fused-ring (bicyclic) bond motifs is 7. The van der Waals surface area contributed by atoms with Crippen LogP contribution in [0, 0.1) is 17.8 Å². The lowest BCUT2D eigenvalue weighted by Gasteiger charge is -2.43. The summed E-state index contributed by atoms with van der Waals surface area (Å²) < 4.78 is 0. The zero-order valence-corrected chi connectivity index (χ0v) is 19.6. The van der Waals surface area contributed by atoms with Crippen molar-refractivity contribution in [1.29, 1.82) is 0 Å². The number of benzene rings is 3. The topological polar surface area (TPSA) is 41.1 Å². The van der Waals surface area contributed by atoms with E-state index >= 15 is 0 Å². The SMILES string of the molecule is O=C(NCCSc1ccccc1)c1ccc2c(c1)[C@@H]1[C@H]3CC[C@@H](C3)[C@@H]1[C@H](c1ccccc1)N2. The number of nitrogens with one attached hydrogen (secondary N) is 2. The highest BCUT2D eigenvalue weighted by molar-refractivity contribution is 7.99. The van der Waals surface area contributed by atoms with Crippen LogP contribution in [0.3, 0.4) is 0 Å². The second-order valence-corrected chi connectivity index (χ2v) is 10.9. The van der Waals surface area contributed by atoms with E-state index in [2.05, 4.69) is 65.2 Å². The van der Waals surface area contributed by atoms with Gasteiger partial charge in [0.1, 0.15) is 0 Å². The fourth-order valence-corrected chi connectivity index (χ4v) is 7.36. The van der Waals surface area contributed by atoms with Crippen molar-refractivity contribution in [2.24, 2.45) is 17.8 Å². The van der Waals surface area contributed by atoms with Crippen LogP contribution in [0.1, 0.15) is 52.7 Å².